The van der Waals surface area contributed by atoms with Gasteiger partial charge in [0.25, 0.3) is 0 Å². The van der Waals surface area contributed by atoms with E-state index >= 15 is 0 Å². The molecule has 1 aromatic rings. The molecule has 0 radical (unpaired) electrons. The normalized spacial score (nSPS) is 17.6. The lowest BCUT2D eigenvalue weighted by molar-refractivity contribution is 0.0902. The molecule has 23 heavy (non-hydrogen) atoms. The third-order valence-corrected chi connectivity index (χ3v) is 4.01. The molecule has 1 N–H and O–H groups in total. The molecule has 0 bridgehead atoms. The van der Waals surface area contributed by atoms with Gasteiger partial charge in [0.05, 0.1) is 12.1 Å². The van der Waals surface area contributed by atoms with Crippen molar-refractivity contribution < 1.29 is 9.53 Å². The molecule has 5 nitrogen and oxygen atoms in total. The van der Waals surface area contributed by atoms with Crippen molar-refractivity contribution in [1.82, 2.24) is 9.88 Å². The summed E-state index contributed by atoms with van der Waals surface area (Å²) < 4.78 is 5.12. The average molecular weight is 313 g/mol. The van der Waals surface area contributed by atoms with Crippen LogP contribution in [0.1, 0.15) is 32.9 Å². The largest absolute Gasteiger partial charge is 0.450 e. The summed E-state index contributed by atoms with van der Waals surface area (Å²) in [5, 5.41) is 2.99. The van der Waals surface area contributed by atoms with Crippen molar-refractivity contribution in [3.8, 4) is 11.8 Å². The van der Waals surface area contributed by atoms with Crippen molar-refractivity contribution in [2.75, 3.05) is 25.5 Å². The van der Waals surface area contributed by atoms with Gasteiger partial charge < -0.3 is 10.1 Å². The first-order valence-electron chi connectivity index (χ1n) is 7.79. The van der Waals surface area contributed by atoms with Gasteiger partial charge >= 0.3 is 6.09 Å². The van der Waals surface area contributed by atoms with E-state index < -0.39 is 0 Å². The van der Waals surface area contributed by atoms with Crippen LogP contribution in [0.25, 0.3) is 0 Å². The SMILES string of the molecule is CCOC(=O)N1CC/C(=C\C#Cc2cccc(NC)n2)C1(C)C. The average Bonchev–Trinajstić information content (AvgIpc) is 2.82. The highest BCUT2D eigenvalue weighted by molar-refractivity contribution is 5.70. The van der Waals surface area contributed by atoms with Crippen LogP contribution >= 0.6 is 0 Å². The van der Waals surface area contributed by atoms with Crippen LogP contribution in [0.15, 0.2) is 29.8 Å². The summed E-state index contributed by atoms with van der Waals surface area (Å²) in [7, 11) is 1.83. The van der Waals surface area contributed by atoms with Crippen LogP contribution in [-0.2, 0) is 4.74 Å². The molecule has 0 aliphatic carbocycles. The number of amides is 1. The Bertz CT molecular complexity index is 668. The van der Waals surface area contributed by atoms with E-state index in [0.29, 0.717) is 18.8 Å². The van der Waals surface area contributed by atoms with Crippen LogP contribution in [0.5, 0.6) is 0 Å². The van der Waals surface area contributed by atoms with Crippen molar-refractivity contribution in [3.05, 3.63) is 35.5 Å². The fraction of sp³-hybridized carbons (Fsp3) is 0.444. The molecule has 5 heteroatoms. The van der Waals surface area contributed by atoms with Gasteiger partial charge in [-0.25, -0.2) is 9.78 Å². The minimum Gasteiger partial charge on any atom is -0.450 e. The number of rotatable bonds is 2. The molecule has 0 saturated carbocycles. The first-order chi connectivity index (χ1) is 11.0. The fourth-order valence-electron chi connectivity index (χ4n) is 2.60. The molecule has 1 aromatic heterocycles. The maximum absolute atomic E-state index is 12.0. The van der Waals surface area contributed by atoms with Crippen LogP contribution in [0, 0.1) is 11.8 Å². The molecule has 0 atom stereocenters. The number of nitrogens with one attached hydrogen (secondary N) is 1. The van der Waals surface area contributed by atoms with Gasteiger partial charge in [-0.2, -0.15) is 0 Å². The second-order valence-corrected chi connectivity index (χ2v) is 5.76. The van der Waals surface area contributed by atoms with Gasteiger partial charge in [0.1, 0.15) is 11.5 Å². The van der Waals surface area contributed by atoms with Gasteiger partial charge in [0.2, 0.25) is 0 Å². The second kappa shape index (κ2) is 7.19. The lowest BCUT2D eigenvalue weighted by Gasteiger charge is -2.31. The summed E-state index contributed by atoms with van der Waals surface area (Å²) in [6, 6.07) is 5.68. The number of hydrogen-bond acceptors (Lipinski definition) is 4. The predicted molar refractivity (Wildman–Crippen MR) is 91.2 cm³/mol. The third-order valence-electron chi connectivity index (χ3n) is 4.01. The van der Waals surface area contributed by atoms with Crippen LogP contribution in [0.3, 0.4) is 0 Å². The number of anilines is 1. The second-order valence-electron chi connectivity index (χ2n) is 5.76. The van der Waals surface area contributed by atoms with Gasteiger partial charge in [-0.05, 0) is 56.9 Å². The summed E-state index contributed by atoms with van der Waals surface area (Å²) in [6.45, 7) is 6.90. The Morgan fingerprint density at radius 1 is 1.52 bits per heavy atom. The highest BCUT2D eigenvalue weighted by Crippen LogP contribution is 2.34. The highest BCUT2D eigenvalue weighted by atomic mass is 16.6. The van der Waals surface area contributed by atoms with Crippen molar-refractivity contribution in [2.24, 2.45) is 0 Å². The summed E-state index contributed by atoms with van der Waals surface area (Å²) >= 11 is 0. The molecule has 2 heterocycles. The number of carbonyl (C=O) groups is 1. The molecule has 1 amide bonds. The topological polar surface area (TPSA) is 54.5 Å². The van der Waals surface area contributed by atoms with Gasteiger partial charge in [0.15, 0.2) is 0 Å². The molecular formula is C18H23N3O2. The smallest absolute Gasteiger partial charge is 0.410 e. The van der Waals surface area contributed by atoms with E-state index in [4.69, 9.17) is 4.74 Å². The van der Waals surface area contributed by atoms with Crippen LogP contribution in [0.4, 0.5) is 10.6 Å². The number of carbonyl (C=O) groups excluding carboxylic acids is 1. The molecule has 0 aromatic carbocycles. The standard InChI is InChI=1S/C18H23N3O2/c1-5-23-17(22)21-13-12-14(18(21,2)3)8-6-9-15-10-7-11-16(19-4)20-15/h7-8,10-11H,5,12-13H2,1-4H3,(H,19,20)/b14-8+. The Hall–Kier alpha value is -2.48. The monoisotopic (exact) mass is 313 g/mol. The molecule has 0 unspecified atom stereocenters. The van der Waals surface area contributed by atoms with E-state index in [1.807, 2.05) is 52.1 Å². The summed E-state index contributed by atoms with van der Waals surface area (Å²) in [6.07, 6.45) is 2.44. The summed E-state index contributed by atoms with van der Waals surface area (Å²) in [4.78, 5) is 18.1. The third kappa shape index (κ3) is 3.84. The zero-order valence-electron chi connectivity index (χ0n) is 14.1. The van der Waals surface area contributed by atoms with Crippen molar-refractivity contribution in [1.29, 1.82) is 0 Å². The van der Waals surface area contributed by atoms with Gasteiger partial charge in [0, 0.05) is 13.6 Å². The van der Waals surface area contributed by atoms with E-state index in [-0.39, 0.29) is 11.6 Å². The number of likely N-dealkylation sites (tertiary alicyclic amines) is 1. The zero-order chi connectivity index (χ0) is 16.9. The first-order valence-corrected chi connectivity index (χ1v) is 7.79. The quantitative estimate of drug-likeness (QED) is 0.853. The number of nitrogens with zero attached hydrogens (tertiary/aromatic N) is 2. The fourth-order valence-corrected chi connectivity index (χ4v) is 2.60. The molecular weight excluding hydrogens is 290 g/mol. The van der Waals surface area contributed by atoms with Crippen LogP contribution in [0.2, 0.25) is 0 Å². The summed E-state index contributed by atoms with van der Waals surface area (Å²) in [5.74, 6) is 6.89. The van der Waals surface area contributed by atoms with Crippen molar-refractivity contribution in [3.63, 3.8) is 0 Å². The molecule has 0 spiro atoms. The first kappa shape index (κ1) is 16.9. The Morgan fingerprint density at radius 2 is 2.30 bits per heavy atom. The lowest BCUT2D eigenvalue weighted by atomic mass is 9.95. The number of hydrogen-bond donors (Lipinski definition) is 1. The van der Waals surface area contributed by atoms with Crippen molar-refractivity contribution in [2.45, 2.75) is 32.7 Å². The highest BCUT2D eigenvalue weighted by Gasteiger charge is 2.40. The van der Waals surface area contributed by atoms with Crippen molar-refractivity contribution >= 4 is 11.9 Å². The number of aromatic nitrogens is 1. The van der Waals surface area contributed by atoms with E-state index in [1.54, 1.807) is 4.90 Å². The van der Waals surface area contributed by atoms with Crippen LogP contribution < -0.4 is 5.32 Å². The van der Waals surface area contributed by atoms with Gasteiger partial charge in [-0.1, -0.05) is 12.0 Å². The number of pyridine rings is 1. The Labute approximate surface area is 137 Å². The molecule has 1 saturated heterocycles. The Balaban J connectivity index is 2.15. The maximum atomic E-state index is 12.0. The minimum atomic E-state index is -0.374. The molecule has 1 aliphatic rings. The lowest BCUT2D eigenvalue weighted by Crippen LogP contribution is -2.43. The molecule has 1 aliphatic heterocycles. The van der Waals surface area contributed by atoms with E-state index in [2.05, 4.69) is 22.1 Å². The Kier molecular flexibility index (Phi) is 5.28. The van der Waals surface area contributed by atoms with E-state index in [1.165, 1.54) is 0 Å². The van der Waals surface area contributed by atoms with E-state index in [9.17, 15) is 4.79 Å². The number of ether oxygens (including phenoxy) is 1. The number of allylic oxidation sites excluding steroid dienone is 1. The Morgan fingerprint density at radius 3 is 3.00 bits per heavy atom. The van der Waals surface area contributed by atoms with Gasteiger partial charge in [-0.15, -0.1) is 0 Å². The maximum Gasteiger partial charge on any atom is 0.410 e. The summed E-state index contributed by atoms with van der Waals surface area (Å²) in [5.41, 5.74) is 1.47. The molecule has 2 rings (SSSR count). The molecule has 122 valence electrons. The zero-order valence-corrected chi connectivity index (χ0v) is 14.1. The predicted octanol–water partition coefficient (Wildman–Crippen LogP) is 3.04. The minimum absolute atomic E-state index is 0.266. The van der Waals surface area contributed by atoms with E-state index in [0.717, 1.165) is 17.8 Å². The molecule has 1 fully saturated rings. The van der Waals surface area contributed by atoms with Gasteiger partial charge in [-0.3, -0.25) is 4.90 Å². The van der Waals surface area contributed by atoms with Crippen LogP contribution in [-0.4, -0.2) is 41.7 Å².